The molecule has 0 amide bonds. The quantitative estimate of drug-likeness (QED) is 0.574. The first-order valence-electron chi connectivity index (χ1n) is 8.55. The molecule has 136 valence electrons. The molecule has 0 aliphatic carbocycles. The van der Waals surface area contributed by atoms with Crippen molar-refractivity contribution in [1.82, 2.24) is 9.55 Å². The second-order valence-corrected chi connectivity index (χ2v) is 6.74. The van der Waals surface area contributed by atoms with Crippen molar-refractivity contribution in [3.63, 3.8) is 0 Å². The third-order valence-corrected chi connectivity index (χ3v) is 4.61. The Bertz CT molecular complexity index is 1170. The third-order valence-electron chi connectivity index (χ3n) is 4.38. The Balaban J connectivity index is 1.50. The van der Waals surface area contributed by atoms with Gasteiger partial charge in [-0.3, -0.25) is 9.36 Å². The fourth-order valence-corrected chi connectivity index (χ4v) is 3.22. The van der Waals surface area contributed by atoms with Crippen molar-refractivity contribution in [2.75, 3.05) is 6.61 Å². The van der Waals surface area contributed by atoms with Gasteiger partial charge in [0.2, 0.25) is 0 Å². The van der Waals surface area contributed by atoms with E-state index in [-0.39, 0.29) is 18.7 Å². The molecule has 4 aromatic rings. The molecule has 1 atom stereocenters. The molecule has 4 rings (SSSR count). The minimum absolute atomic E-state index is 0.0686. The fourth-order valence-electron chi connectivity index (χ4n) is 3.05. The lowest BCUT2D eigenvalue weighted by Gasteiger charge is -2.15. The molecule has 0 fully saturated rings. The highest BCUT2D eigenvalue weighted by molar-refractivity contribution is 6.31. The second kappa shape index (κ2) is 7.39. The fraction of sp³-hybridized carbons (Fsp3) is 0.143. The van der Waals surface area contributed by atoms with Gasteiger partial charge in [0.25, 0.3) is 5.56 Å². The van der Waals surface area contributed by atoms with E-state index in [1.807, 2.05) is 42.5 Å². The van der Waals surface area contributed by atoms with Crippen LogP contribution in [0.3, 0.4) is 0 Å². The molecule has 1 heterocycles. The van der Waals surface area contributed by atoms with Crippen LogP contribution < -0.4 is 10.3 Å². The molecule has 0 saturated heterocycles. The summed E-state index contributed by atoms with van der Waals surface area (Å²) < 4.78 is 7.18. The summed E-state index contributed by atoms with van der Waals surface area (Å²) in [5.74, 6) is 0.700. The summed E-state index contributed by atoms with van der Waals surface area (Å²) in [6.07, 6.45) is 0.565. The summed E-state index contributed by atoms with van der Waals surface area (Å²) in [6.45, 7) is 0.161. The van der Waals surface area contributed by atoms with Crippen LogP contribution in [-0.2, 0) is 6.54 Å². The number of fused-ring (bicyclic) bond motifs is 2. The molecule has 27 heavy (non-hydrogen) atoms. The lowest BCUT2D eigenvalue weighted by molar-refractivity contribution is 0.0922. The lowest BCUT2D eigenvalue weighted by Crippen LogP contribution is -2.30. The van der Waals surface area contributed by atoms with E-state index >= 15 is 0 Å². The Hall–Kier alpha value is -2.89. The Labute approximate surface area is 160 Å². The smallest absolute Gasteiger partial charge is 0.261 e. The Morgan fingerprint density at radius 3 is 2.78 bits per heavy atom. The number of aliphatic hydroxyl groups excluding tert-OH is 1. The maximum Gasteiger partial charge on any atom is 0.261 e. The van der Waals surface area contributed by atoms with E-state index in [1.54, 1.807) is 18.2 Å². The molecule has 0 saturated carbocycles. The normalized spacial score (nSPS) is 12.4. The van der Waals surface area contributed by atoms with Gasteiger partial charge in [0.05, 0.1) is 23.8 Å². The predicted molar refractivity (Wildman–Crippen MR) is 106 cm³/mol. The standard InChI is InChI=1S/C21H17ClN2O3/c22-15-8-9-18-19(10-15)23-13-24(21(18)26)11-16(25)12-27-20-7-3-5-14-4-1-2-6-17(14)20/h1-10,13,16,25H,11-12H2. The molecule has 1 N–H and O–H groups in total. The highest BCUT2D eigenvalue weighted by atomic mass is 35.5. The number of ether oxygens (including phenoxy) is 1. The van der Waals surface area contributed by atoms with Crippen LogP contribution in [0.4, 0.5) is 0 Å². The van der Waals surface area contributed by atoms with E-state index in [2.05, 4.69) is 4.98 Å². The van der Waals surface area contributed by atoms with Crippen LogP contribution in [-0.4, -0.2) is 27.4 Å². The molecule has 0 aliphatic rings. The molecule has 3 aromatic carbocycles. The maximum absolute atomic E-state index is 12.6. The van der Waals surface area contributed by atoms with Crippen molar-refractivity contribution < 1.29 is 9.84 Å². The number of nitrogens with zero attached hydrogens (tertiary/aromatic N) is 2. The first-order valence-corrected chi connectivity index (χ1v) is 8.93. The van der Waals surface area contributed by atoms with Crippen molar-refractivity contribution in [1.29, 1.82) is 0 Å². The van der Waals surface area contributed by atoms with Gasteiger partial charge in [-0.1, -0.05) is 48.0 Å². The number of hydrogen-bond donors (Lipinski definition) is 1. The minimum Gasteiger partial charge on any atom is -0.490 e. The number of benzene rings is 3. The highest BCUT2D eigenvalue weighted by Gasteiger charge is 2.11. The zero-order valence-corrected chi connectivity index (χ0v) is 15.1. The van der Waals surface area contributed by atoms with Crippen LogP contribution in [0.2, 0.25) is 5.02 Å². The summed E-state index contributed by atoms with van der Waals surface area (Å²) in [5, 5.41) is 13.4. The topological polar surface area (TPSA) is 64.4 Å². The van der Waals surface area contributed by atoms with Gasteiger partial charge in [0, 0.05) is 10.4 Å². The number of hydrogen-bond acceptors (Lipinski definition) is 4. The molecular weight excluding hydrogens is 364 g/mol. The van der Waals surface area contributed by atoms with Gasteiger partial charge in [-0.25, -0.2) is 4.98 Å². The maximum atomic E-state index is 12.6. The van der Waals surface area contributed by atoms with E-state index < -0.39 is 6.10 Å². The molecule has 0 aliphatic heterocycles. The van der Waals surface area contributed by atoms with Gasteiger partial charge < -0.3 is 9.84 Å². The van der Waals surface area contributed by atoms with Crippen LogP contribution in [0.15, 0.2) is 71.8 Å². The number of halogens is 1. The van der Waals surface area contributed by atoms with E-state index in [4.69, 9.17) is 16.3 Å². The van der Waals surface area contributed by atoms with Crippen molar-refractivity contribution in [2.24, 2.45) is 0 Å². The van der Waals surface area contributed by atoms with Gasteiger partial charge in [-0.15, -0.1) is 0 Å². The zero-order valence-electron chi connectivity index (χ0n) is 14.4. The molecule has 1 aromatic heterocycles. The number of rotatable bonds is 5. The van der Waals surface area contributed by atoms with Crippen LogP contribution in [0.1, 0.15) is 0 Å². The summed E-state index contributed by atoms with van der Waals surface area (Å²) >= 11 is 5.93. The summed E-state index contributed by atoms with van der Waals surface area (Å²) in [4.78, 5) is 16.8. The van der Waals surface area contributed by atoms with Crippen molar-refractivity contribution >= 4 is 33.3 Å². The SMILES string of the molecule is O=c1c2ccc(Cl)cc2ncn1CC(O)COc1cccc2ccccc12. The van der Waals surface area contributed by atoms with Crippen LogP contribution in [0, 0.1) is 0 Å². The van der Waals surface area contributed by atoms with E-state index in [0.29, 0.717) is 21.7 Å². The molecule has 1 unspecified atom stereocenters. The van der Waals surface area contributed by atoms with Crippen LogP contribution in [0.25, 0.3) is 21.7 Å². The van der Waals surface area contributed by atoms with E-state index in [9.17, 15) is 9.90 Å². The summed E-state index contributed by atoms with van der Waals surface area (Å²) in [5.41, 5.74) is 0.311. The molecular formula is C21H17ClN2O3. The van der Waals surface area contributed by atoms with Gasteiger partial charge in [-0.2, -0.15) is 0 Å². The number of aliphatic hydroxyl groups is 1. The van der Waals surface area contributed by atoms with E-state index in [1.165, 1.54) is 10.9 Å². The molecule has 0 spiro atoms. The minimum atomic E-state index is -0.854. The van der Waals surface area contributed by atoms with Gasteiger partial charge in [0.15, 0.2) is 0 Å². The Morgan fingerprint density at radius 1 is 1.07 bits per heavy atom. The average Bonchev–Trinajstić information content (AvgIpc) is 2.68. The van der Waals surface area contributed by atoms with Crippen LogP contribution in [0.5, 0.6) is 5.75 Å². The molecule has 5 nitrogen and oxygen atoms in total. The highest BCUT2D eigenvalue weighted by Crippen LogP contribution is 2.25. The molecule has 0 radical (unpaired) electrons. The Morgan fingerprint density at radius 2 is 1.89 bits per heavy atom. The molecule has 6 heteroatoms. The monoisotopic (exact) mass is 380 g/mol. The Kier molecular flexibility index (Phi) is 4.79. The summed E-state index contributed by atoms with van der Waals surface area (Å²) in [7, 11) is 0. The third kappa shape index (κ3) is 3.65. The van der Waals surface area contributed by atoms with E-state index in [0.717, 1.165) is 10.8 Å². The first kappa shape index (κ1) is 17.5. The van der Waals surface area contributed by atoms with Crippen LogP contribution >= 0.6 is 11.6 Å². The zero-order chi connectivity index (χ0) is 18.8. The van der Waals surface area contributed by atoms with Crippen molar-refractivity contribution in [3.05, 3.63) is 82.4 Å². The summed E-state index contributed by atoms with van der Waals surface area (Å²) in [6, 6.07) is 18.6. The second-order valence-electron chi connectivity index (χ2n) is 6.31. The number of aromatic nitrogens is 2. The largest absolute Gasteiger partial charge is 0.490 e. The first-order chi connectivity index (χ1) is 13.1. The lowest BCUT2D eigenvalue weighted by atomic mass is 10.1. The van der Waals surface area contributed by atoms with Gasteiger partial charge in [0.1, 0.15) is 18.5 Å². The van der Waals surface area contributed by atoms with Crippen molar-refractivity contribution in [2.45, 2.75) is 12.6 Å². The predicted octanol–water partition coefficient (Wildman–Crippen LogP) is 3.64. The average molecular weight is 381 g/mol. The van der Waals surface area contributed by atoms with Gasteiger partial charge >= 0.3 is 0 Å². The van der Waals surface area contributed by atoms with Gasteiger partial charge in [-0.05, 0) is 29.7 Å². The molecule has 0 bridgehead atoms. The van der Waals surface area contributed by atoms with Crippen molar-refractivity contribution in [3.8, 4) is 5.75 Å².